The van der Waals surface area contributed by atoms with Crippen LogP contribution in [0.3, 0.4) is 0 Å². The number of nitrogens with zero attached hydrogens (tertiary/aromatic N) is 2. The van der Waals surface area contributed by atoms with Gasteiger partial charge in [-0.2, -0.15) is 0 Å². The summed E-state index contributed by atoms with van der Waals surface area (Å²) in [4.78, 5) is 4.24. The van der Waals surface area contributed by atoms with Crippen LogP contribution in [-0.2, 0) is 0 Å². The molecule has 1 aromatic heterocycles. The van der Waals surface area contributed by atoms with Gasteiger partial charge in [0.2, 0.25) is 0 Å². The van der Waals surface area contributed by atoms with E-state index in [0.717, 1.165) is 18.4 Å². The van der Waals surface area contributed by atoms with Crippen molar-refractivity contribution in [3.8, 4) is 0 Å². The highest BCUT2D eigenvalue weighted by molar-refractivity contribution is 5.17. The largest absolute Gasteiger partial charge is 0.332 e. The summed E-state index contributed by atoms with van der Waals surface area (Å²) >= 11 is 0. The molecule has 1 saturated carbocycles. The highest BCUT2D eigenvalue weighted by Crippen LogP contribution is 2.47. The van der Waals surface area contributed by atoms with Crippen molar-refractivity contribution in [2.75, 3.05) is 13.6 Å². The van der Waals surface area contributed by atoms with Crippen molar-refractivity contribution in [1.82, 2.24) is 14.9 Å². The lowest BCUT2D eigenvalue weighted by Crippen LogP contribution is -2.11. The molecule has 0 radical (unpaired) electrons. The van der Waals surface area contributed by atoms with Crippen molar-refractivity contribution >= 4 is 0 Å². The first kappa shape index (κ1) is 9.71. The molecule has 0 spiro atoms. The van der Waals surface area contributed by atoms with Crippen LogP contribution < -0.4 is 5.32 Å². The van der Waals surface area contributed by atoms with Gasteiger partial charge in [0, 0.05) is 23.9 Å². The zero-order chi connectivity index (χ0) is 10.1. The monoisotopic (exact) mass is 193 g/mol. The number of nitrogens with one attached hydrogen (secondary N) is 1. The number of imidazole rings is 1. The Labute approximate surface area is 85.5 Å². The lowest BCUT2D eigenvalue weighted by molar-refractivity contribution is 0.565. The molecule has 3 nitrogen and oxygen atoms in total. The average molecular weight is 193 g/mol. The van der Waals surface area contributed by atoms with Crippen molar-refractivity contribution in [3.05, 3.63) is 18.2 Å². The molecular formula is C11H19N3. The highest BCUT2D eigenvalue weighted by atomic mass is 15.1. The number of hydrogen-bond donors (Lipinski definition) is 1. The first-order chi connectivity index (χ1) is 6.74. The van der Waals surface area contributed by atoms with E-state index in [1.165, 1.54) is 12.1 Å². The van der Waals surface area contributed by atoms with Crippen molar-refractivity contribution < 1.29 is 0 Å². The van der Waals surface area contributed by atoms with E-state index >= 15 is 0 Å². The van der Waals surface area contributed by atoms with E-state index in [1.807, 2.05) is 19.6 Å². The summed E-state index contributed by atoms with van der Waals surface area (Å²) in [5.74, 6) is 1.57. The molecular weight excluding hydrogens is 174 g/mol. The third-order valence-corrected chi connectivity index (χ3v) is 3.02. The summed E-state index contributed by atoms with van der Waals surface area (Å²) in [5, 5.41) is 3.24. The minimum absolute atomic E-state index is 0.531. The summed E-state index contributed by atoms with van der Waals surface area (Å²) in [6.45, 7) is 5.55. The molecule has 0 aromatic carbocycles. The predicted molar refractivity (Wildman–Crippen MR) is 57.4 cm³/mol. The van der Waals surface area contributed by atoms with Crippen LogP contribution in [0.25, 0.3) is 0 Å². The van der Waals surface area contributed by atoms with Crippen LogP contribution in [-0.4, -0.2) is 23.1 Å². The summed E-state index contributed by atoms with van der Waals surface area (Å²) < 4.78 is 2.29. The van der Waals surface area contributed by atoms with Gasteiger partial charge < -0.3 is 9.88 Å². The van der Waals surface area contributed by atoms with E-state index < -0.39 is 0 Å². The second-order valence-electron chi connectivity index (χ2n) is 4.48. The van der Waals surface area contributed by atoms with Crippen LogP contribution in [0, 0.1) is 5.92 Å². The molecule has 0 bridgehead atoms. The van der Waals surface area contributed by atoms with Crippen LogP contribution in [0.15, 0.2) is 12.5 Å². The van der Waals surface area contributed by atoms with E-state index in [0.29, 0.717) is 6.04 Å². The Kier molecular flexibility index (Phi) is 2.59. The topological polar surface area (TPSA) is 29.9 Å². The normalized spacial score (nSPS) is 25.7. The smallest absolute Gasteiger partial charge is 0.0950 e. The molecule has 78 valence electrons. The van der Waals surface area contributed by atoms with Crippen LogP contribution in [0.4, 0.5) is 0 Å². The molecule has 0 saturated heterocycles. The van der Waals surface area contributed by atoms with E-state index in [2.05, 4.69) is 28.7 Å². The SMILES string of the molecule is CNCC1CC1c1cncn1C(C)C. The fraction of sp³-hybridized carbons (Fsp3) is 0.727. The molecule has 1 aromatic rings. The lowest BCUT2D eigenvalue weighted by atomic mass is 10.2. The van der Waals surface area contributed by atoms with Crippen LogP contribution in [0.1, 0.15) is 37.9 Å². The van der Waals surface area contributed by atoms with Gasteiger partial charge in [-0.25, -0.2) is 4.98 Å². The molecule has 1 N–H and O–H groups in total. The fourth-order valence-electron chi connectivity index (χ4n) is 2.13. The number of aromatic nitrogens is 2. The van der Waals surface area contributed by atoms with Gasteiger partial charge in [-0.05, 0) is 39.8 Å². The Morgan fingerprint density at radius 2 is 2.43 bits per heavy atom. The van der Waals surface area contributed by atoms with Crippen molar-refractivity contribution in [1.29, 1.82) is 0 Å². The van der Waals surface area contributed by atoms with Gasteiger partial charge in [-0.3, -0.25) is 0 Å². The second kappa shape index (κ2) is 3.73. The van der Waals surface area contributed by atoms with Crippen LogP contribution in [0.2, 0.25) is 0 Å². The molecule has 0 aliphatic heterocycles. The van der Waals surface area contributed by atoms with Crippen molar-refractivity contribution in [2.45, 2.75) is 32.2 Å². The molecule has 2 atom stereocenters. The van der Waals surface area contributed by atoms with Crippen LogP contribution >= 0.6 is 0 Å². The Hall–Kier alpha value is -0.830. The standard InChI is InChI=1S/C11H19N3/c1-8(2)14-7-13-6-11(14)10-4-9(10)5-12-3/h6-10,12H,4-5H2,1-3H3. The zero-order valence-corrected chi connectivity index (χ0v) is 9.20. The third kappa shape index (κ3) is 1.69. The fourth-order valence-corrected chi connectivity index (χ4v) is 2.13. The van der Waals surface area contributed by atoms with Gasteiger partial charge in [0.15, 0.2) is 0 Å². The van der Waals surface area contributed by atoms with Gasteiger partial charge in [-0.15, -0.1) is 0 Å². The highest BCUT2D eigenvalue weighted by Gasteiger charge is 2.39. The first-order valence-electron chi connectivity index (χ1n) is 5.40. The first-order valence-corrected chi connectivity index (χ1v) is 5.40. The maximum absolute atomic E-state index is 4.24. The molecule has 2 unspecified atom stereocenters. The quantitative estimate of drug-likeness (QED) is 0.790. The Morgan fingerprint density at radius 1 is 1.64 bits per heavy atom. The van der Waals surface area contributed by atoms with E-state index in [1.54, 1.807) is 0 Å². The predicted octanol–water partition coefficient (Wildman–Crippen LogP) is 1.79. The Morgan fingerprint density at radius 3 is 3.07 bits per heavy atom. The minimum atomic E-state index is 0.531. The summed E-state index contributed by atoms with van der Waals surface area (Å²) in [7, 11) is 2.02. The van der Waals surface area contributed by atoms with E-state index in [4.69, 9.17) is 0 Å². The van der Waals surface area contributed by atoms with Gasteiger partial charge >= 0.3 is 0 Å². The van der Waals surface area contributed by atoms with Gasteiger partial charge in [0.1, 0.15) is 0 Å². The Balaban J connectivity index is 2.07. The molecule has 2 rings (SSSR count). The molecule has 3 heteroatoms. The molecule has 14 heavy (non-hydrogen) atoms. The van der Waals surface area contributed by atoms with Crippen molar-refractivity contribution in [2.24, 2.45) is 5.92 Å². The molecule has 1 heterocycles. The molecule has 1 aliphatic carbocycles. The summed E-state index contributed by atoms with van der Waals surface area (Å²) in [6, 6.07) is 0.531. The van der Waals surface area contributed by atoms with Crippen LogP contribution in [0.5, 0.6) is 0 Å². The third-order valence-electron chi connectivity index (χ3n) is 3.02. The van der Waals surface area contributed by atoms with Gasteiger partial charge in [0.05, 0.1) is 6.33 Å². The zero-order valence-electron chi connectivity index (χ0n) is 9.20. The van der Waals surface area contributed by atoms with E-state index in [9.17, 15) is 0 Å². The number of rotatable bonds is 4. The number of hydrogen-bond acceptors (Lipinski definition) is 2. The summed E-state index contributed by atoms with van der Waals surface area (Å²) in [6.07, 6.45) is 5.30. The summed E-state index contributed by atoms with van der Waals surface area (Å²) in [5.41, 5.74) is 1.42. The maximum atomic E-state index is 4.24. The lowest BCUT2D eigenvalue weighted by Gasteiger charge is -2.11. The average Bonchev–Trinajstić information content (AvgIpc) is 2.74. The molecule has 0 amide bonds. The van der Waals surface area contributed by atoms with E-state index in [-0.39, 0.29) is 0 Å². The molecule has 1 aliphatic rings. The minimum Gasteiger partial charge on any atom is -0.332 e. The molecule has 1 fully saturated rings. The Bertz CT molecular complexity index is 303. The van der Waals surface area contributed by atoms with Gasteiger partial charge in [0.25, 0.3) is 0 Å². The maximum Gasteiger partial charge on any atom is 0.0950 e. The second-order valence-corrected chi connectivity index (χ2v) is 4.48. The van der Waals surface area contributed by atoms with Crippen molar-refractivity contribution in [3.63, 3.8) is 0 Å². The van der Waals surface area contributed by atoms with Gasteiger partial charge in [-0.1, -0.05) is 0 Å².